The van der Waals surface area contributed by atoms with E-state index in [1.165, 1.54) is 6.42 Å². The zero-order valence-electron chi connectivity index (χ0n) is 14.9. The Morgan fingerprint density at radius 3 is 2.43 bits per heavy atom. The predicted octanol–water partition coefficient (Wildman–Crippen LogP) is 3.66. The molecule has 0 aromatic heterocycles. The third-order valence-corrected chi connectivity index (χ3v) is 4.99. The molecule has 1 heterocycles. The van der Waals surface area contributed by atoms with Crippen LogP contribution in [0.25, 0.3) is 0 Å². The second-order valence-electron chi connectivity index (χ2n) is 6.43. The van der Waals surface area contributed by atoms with Crippen LogP contribution in [0.4, 0.5) is 0 Å². The fourth-order valence-corrected chi connectivity index (χ4v) is 3.67. The molecule has 0 unspecified atom stereocenters. The minimum atomic E-state index is 0.604. The van der Waals surface area contributed by atoms with Gasteiger partial charge < -0.3 is 9.47 Å². The first kappa shape index (κ1) is 18.4. The van der Waals surface area contributed by atoms with E-state index in [1.807, 2.05) is 12.1 Å². The van der Waals surface area contributed by atoms with E-state index in [0.29, 0.717) is 22.9 Å². The van der Waals surface area contributed by atoms with Crippen molar-refractivity contribution >= 4 is 11.6 Å². The van der Waals surface area contributed by atoms with Gasteiger partial charge in [0.1, 0.15) is 11.5 Å². The summed E-state index contributed by atoms with van der Waals surface area (Å²) >= 11 is 6.29. The molecular weight excluding hydrogens is 312 g/mol. The van der Waals surface area contributed by atoms with Crippen molar-refractivity contribution in [1.82, 2.24) is 9.80 Å². The van der Waals surface area contributed by atoms with Crippen LogP contribution in [0.1, 0.15) is 32.8 Å². The van der Waals surface area contributed by atoms with Crippen LogP contribution >= 0.6 is 11.6 Å². The maximum Gasteiger partial charge on any atom is 0.141 e. The van der Waals surface area contributed by atoms with E-state index in [9.17, 15) is 0 Å². The van der Waals surface area contributed by atoms with Crippen LogP contribution in [0.2, 0.25) is 5.02 Å². The van der Waals surface area contributed by atoms with Crippen LogP contribution in [0.15, 0.2) is 12.1 Å². The Labute approximate surface area is 145 Å². The van der Waals surface area contributed by atoms with Gasteiger partial charge in [-0.15, -0.1) is 0 Å². The van der Waals surface area contributed by atoms with Crippen molar-refractivity contribution in [2.24, 2.45) is 0 Å². The standard InChI is InChI=1S/C18H29ClN2O2/c1-6-15-12-20(7-8-21(15)13(2)3)11-14-9-16(19)18(23-5)10-17(14)22-4/h9-10,13,15H,6-8,11-12H2,1-5H3/t15-/m0/s1. The average molecular weight is 341 g/mol. The molecule has 130 valence electrons. The lowest BCUT2D eigenvalue weighted by molar-refractivity contribution is 0.0453. The summed E-state index contributed by atoms with van der Waals surface area (Å²) in [4.78, 5) is 5.10. The maximum atomic E-state index is 6.29. The van der Waals surface area contributed by atoms with Crippen LogP contribution < -0.4 is 9.47 Å². The summed E-state index contributed by atoms with van der Waals surface area (Å²) in [5.74, 6) is 1.49. The molecule has 1 aromatic rings. The molecule has 0 amide bonds. The van der Waals surface area contributed by atoms with Gasteiger partial charge in [-0.25, -0.2) is 0 Å². The Bertz CT molecular complexity index is 522. The first-order chi connectivity index (χ1) is 11.0. The summed E-state index contributed by atoms with van der Waals surface area (Å²) < 4.78 is 10.8. The molecule has 23 heavy (non-hydrogen) atoms. The van der Waals surface area contributed by atoms with E-state index in [1.54, 1.807) is 14.2 Å². The molecule has 0 spiro atoms. The van der Waals surface area contributed by atoms with E-state index in [4.69, 9.17) is 21.1 Å². The third-order valence-electron chi connectivity index (χ3n) is 4.70. The number of halogens is 1. The van der Waals surface area contributed by atoms with Gasteiger partial charge in [0.15, 0.2) is 0 Å². The van der Waals surface area contributed by atoms with E-state index >= 15 is 0 Å². The van der Waals surface area contributed by atoms with Crippen molar-refractivity contribution in [3.8, 4) is 11.5 Å². The molecule has 0 bridgehead atoms. The molecule has 0 aliphatic carbocycles. The molecule has 1 aliphatic heterocycles. The molecule has 2 rings (SSSR count). The lowest BCUT2D eigenvalue weighted by atomic mass is 10.1. The highest BCUT2D eigenvalue weighted by Crippen LogP contribution is 2.33. The summed E-state index contributed by atoms with van der Waals surface area (Å²) in [5.41, 5.74) is 1.12. The summed E-state index contributed by atoms with van der Waals surface area (Å²) in [7, 11) is 3.31. The van der Waals surface area contributed by atoms with Crippen molar-refractivity contribution in [2.45, 2.75) is 45.8 Å². The largest absolute Gasteiger partial charge is 0.496 e. The van der Waals surface area contributed by atoms with Crippen molar-refractivity contribution in [1.29, 1.82) is 0 Å². The fraction of sp³-hybridized carbons (Fsp3) is 0.667. The number of benzene rings is 1. The minimum absolute atomic E-state index is 0.604. The van der Waals surface area contributed by atoms with Gasteiger partial charge in [0.25, 0.3) is 0 Å². The van der Waals surface area contributed by atoms with Gasteiger partial charge in [-0.2, -0.15) is 0 Å². The average Bonchev–Trinajstić information content (AvgIpc) is 2.54. The van der Waals surface area contributed by atoms with Gasteiger partial charge in [0.2, 0.25) is 0 Å². The Hall–Kier alpha value is -0.970. The number of nitrogens with zero attached hydrogens (tertiary/aromatic N) is 2. The smallest absolute Gasteiger partial charge is 0.141 e. The SMILES string of the molecule is CC[C@H]1CN(Cc2cc(Cl)c(OC)cc2OC)CCN1C(C)C. The lowest BCUT2D eigenvalue weighted by Gasteiger charge is -2.43. The number of rotatable bonds is 6. The lowest BCUT2D eigenvalue weighted by Crippen LogP contribution is -2.54. The van der Waals surface area contributed by atoms with Crippen LogP contribution in [0, 0.1) is 0 Å². The zero-order valence-corrected chi connectivity index (χ0v) is 15.7. The molecule has 0 N–H and O–H groups in total. The highest BCUT2D eigenvalue weighted by molar-refractivity contribution is 6.32. The summed E-state index contributed by atoms with van der Waals surface area (Å²) in [6.45, 7) is 11.0. The molecule has 5 heteroatoms. The van der Waals surface area contributed by atoms with E-state index < -0.39 is 0 Å². The van der Waals surface area contributed by atoms with Gasteiger partial charge in [-0.05, 0) is 26.3 Å². The molecule has 1 aliphatic rings. The summed E-state index contributed by atoms with van der Waals surface area (Å²) in [6.07, 6.45) is 1.18. The highest BCUT2D eigenvalue weighted by atomic mass is 35.5. The number of methoxy groups -OCH3 is 2. The van der Waals surface area contributed by atoms with E-state index in [2.05, 4.69) is 30.6 Å². The highest BCUT2D eigenvalue weighted by Gasteiger charge is 2.27. The number of piperazine rings is 1. The molecule has 0 radical (unpaired) electrons. The number of ether oxygens (including phenoxy) is 2. The van der Waals surface area contributed by atoms with Crippen LogP contribution in [0.5, 0.6) is 11.5 Å². The minimum Gasteiger partial charge on any atom is -0.496 e. The molecule has 1 aromatic carbocycles. The second kappa shape index (κ2) is 8.22. The topological polar surface area (TPSA) is 24.9 Å². The summed E-state index contributed by atoms with van der Waals surface area (Å²) in [5, 5.41) is 0.635. The molecule has 1 fully saturated rings. The number of hydrogen-bond donors (Lipinski definition) is 0. The van der Waals surface area contributed by atoms with Crippen LogP contribution in [-0.4, -0.2) is 55.7 Å². The first-order valence-electron chi connectivity index (χ1n) is 8.38. The Morgan fingerprint density at radius 1 is 1.17 bits per heavy atom. The fourth-order valence-electron chi connectivity index (χ4n) is 3.41. The predicted molar refractivity (Wildman–Crippen MR) is 95.8 cm³/mol. The first-order valence-corrected chi connectivity index (χ1v) is 8.76. The van der Waals surface area contributed by atoms with Crippen molar-refractivity contribution < 1.29 is 9.47 Å². The van der Waals surface area contributed by atoms with Crippen molar-refractivity contribution in [2.75, 3.05) is 33.9 Å². The maximum absolute atomic E-state index is 6.29. The quantitative estimate of drug-likeness (QED) is 0.789. The Balaban J connectivity index is 2.12. The Kier molecular flexibility index (Phi) is 6.57. The van der Waals surface area contributed by atoms with Gasteiger partial charge >= 0.3 is 0 Å². The van der Waals surface area contributed by atoms with Gasteiger partial charge in [0.05, 0.1) is 19.2 Å². The molecular formula is C18H29ClN2O2. The molecule has 4 nitrogen and oxygen atoms in total. The Morgan fingerprint density at radius 2 is 1.87 bits per heavy atom. The van der Waals surface area contributed by atoms with E-state index in [0.717, 1.165) is 37.5 Å². The van der Waals surface area contributed by atoms with Gasteiger partial charge in [-0.1, -0.05) is 18.5 Å². The molecule has 1 atom stereocenters. The summed E-state index contributed by atoms with van der Waals surface area (Å²) in [6, 6.07) is 5.06. The van der Waals surface area contributed by atoms with Crippen LogP contribution in [0.3, 0.4) is 0 Å². The van der Waals surface area contributed by atoms with Gasteiger partial charge in [0, 0.05) is 49.9 Å². The van der Waals surface area contributed by atoms with E-state index in [-0.39, 0.29) is 0 Å². The van der Waals surface area contributed by atoms with Crippen molar-refractivity contribution in [3.63, 3.8) is 0 Å². The second-order valence-corrected chi connectivity index (χ2v) is 6.83. The normalized spacial score (nSPS) is 20.0. The third kappa shape index (κ3) is 4.31. The molecule has 1 saturated heterocycles. The monoisotopic (exact) mass is 340 g/mol. The van der Waals surface area contributed by atoms with Crippen LogP contribution in [-0.2, 0) is 6.54 Å². The molecule has 0 saturated carbocycles. The van der Waals surface area contributed by atoms with Crippen molar-refractivity contribution in [3.05, 3.63) is 22.7 Å². The number of hydrogen-bond acceptors (Lipinski definition) is 4. The van der Waals surface area contributed by atoms with Gasteiger partial charge in [-0.3, -0.25) is 9.80 Å². The zero-order chi connectivity index (χ0) is 17.0.